The molecular weight excluding hydrogens is 280 g/mol. The van der Waals surface area contributed by atoms with Gasteiger partial charge in [-0.05, 0) is 36.9 Å². The summed E-state index contributed by atoms with van der Waals surface area (Å²) >= 11 is 1.60. The fourth-order valence-electron chi connectivity index (χ4n) is 1.90. The molecule has 7 heteroatoms. The Morgan fingerprint density at radius 3 is 2.75 bits per heavy atom. The van der Waals surface area contributed by atoms with Gasteiger partial charge in [0.15, 0.2) is 5.75 Å². The Balaban J connectivity index is 1.92. The second-order valence-electron chi connectivity index (χ2n) is 4.37. The van der Waals surface area contributed by atoms with Crippen LogP contribution < -0.4 is 15.6 Å². The third-order valence-electron chi connectivity index (χ3n) is 3.02. The predicted molar refractivity (Wildman–Crippen MR) is 74.1 cm³/mol. The van der Waals surface area contributed by atoms with Crippen molar-refractivity contribution in [3.8, 4) is 5.75 Å². The highest BCUT2D eigenvalue weighted by Crippen LogP contribution is 2.19. The Kier molecular flexibility index (Phi) is 4.86. The fourth-order valence-corrected chi connectivity index (χ4v) is 2.31. The normalized spacial score (nSPS) is 22.0. The molecule has 2 unspecified atom stereocenters. The highest BCUT2D eigenvalue weighted by atomic mass is 32.2. The topological polar surface area (TPSA) is 87.7 Å². The van der Waals surface area contributed by atoms with Gasteiger partial charge in [0.1, 0.15) is 5.92 Å². The summed E-state index contributed by atoms with van der Waals surface area (Å²) in [7, 11) is 0. The summed E-state index contributed by atoms with van der Waals surface area (Å²) in [4.78, 5) is 29.6. The van der Waals surface area contributed by atoms with Crippen molar-refractivity contribution in [3.63, 3.8) is 0 Å². The minimum atomic E-state index is -1.13. The van der Waals surface area contributed by atoms with Crippen LogP contribution in [0, 0.1) is 5.92 Å². The number of nitrogens with one attached hydrogen (secondary N) is 2. The highest BCUT2D eigenvalue weighted by molar-refractivity contribution is 7.98. The number of aliphatic hydroxyl groups excluding tert-OH is 1. The molecule has 0 aliphatic carbocycles. The van der Waals surface area contributed by atoms with Gasteiger partial charge in [0.25, 0.3) is 5.91 Å². The van der Waals surface area contributed by atoms with Crippen LogP contribution in [0.5, 0.6) is 5.75 Å². The Labute approximate surface area is 120 Å². The molecule has 1 aliphatic rings. The first-order valence-electron chi connectivity index (χ1n) is 6.18. The SMILES string of the molecule is CSc1ccc(ONC(=O)C2C(=O)NCCC2O)cc1. The van der Waals surface area contributed by atoms with Crippen molar-refractivity contribution < 1.29 is 19.5 Å². The molecule has 2 atom stereocenters. The van der Waals surface area contributed by atoms with Gasteiger partial charge in [-0.1, -0.05) is 0 Å². The van der Waals surface area contributed by atoms with Crippen molar-refractivity contribution in [2.45, 2.75) is 17.4 Å². The molecule has 1 aliphatic heterocycles. The van der Waals surface area contributed by atoms with E-state index in [4.69, 9.17) is 4.84 Å². The van der Waals surface area contributed by atoms with Crippen molar-refractivity contribution in [1.29, 1.82) is 0 Å². The molecule has 0 spiro atoms. The fraction of sp³-hybridized carbons (Fsp3) is 0.385. The van der Waals surface area contributed by atoms with Crippen molar-refractivity contribution in [3.05, 3.63) is 24.3 Å². The van der Waals surface area contributed by atoms with Crippen molar-refractivity contribution in [2.24, 2.45) is 5.92 Å². The summed E-state index contributed by atoms with van der Waals surface area (Å²) < 4.78 is 0. The molecule has 0 radical (unpaired) electrons. The maximum absolute atomic E-state index is 11.9. The van der Waals surface area contributed by atoms with E-state index in [1.54, 1.807) is 23.9 Å². The van der Waals surface area contributed by atoms with Gasteiger partial charge in [0.05, 0.1) is 6.10 Å². The zero-order chi connectivity index (χ0) is 14.5. The molecule has 0 saturated carbocycles. The van der Waals surface area contributed by atoms with Gasteiger partial charge in [0.2, 0.25) is 5.91 Å². The molecule has 2 amide bonds. The van der Waals surface area contributed by atoms with Gasteiger partial charge in [-0.25, -0.2) is 0 Å². The number of carbonyl (C=O) groups is 2. The lowest BCUT2D eigenvalue weighted by atomic mass is 9.95. The number of rotatable bonds is 4. The summed E-state index contributed by atoms with van der Waals surface area (Å²) in [6.45, 7) is 0.376. The quantitative estimate of drug-likeness (QED) is 0.423. The lowest BCUT2D eigenvalue weighted by molar-refractivity contribution is -0.146. The van der Waals surface area contributed by atoms with Crippen LogP contribution in [-0.2, 0) is 9.59 Å². The summed E-state index contributed by atoms with van der Waals surface area (Å²) in [6, 6.07) is 7.13. The standard InChI is InChI=1S/C13H16N2O4S/c1-20-9-4-2-8(3-5-9)19-15-13(18)11-10(16)6-7-14-12(11)17/h2-5,10-11,16H,6-7H2,1H3,(H,14,17)(H,15,18). The van der Waals surface area contributed by atoms with Crippen LogP contribution in [-0.4, -0.2) is 35.8 Å². The first kappa shape index (κ1) is 14.7. The Morgan fingerprint density at radius 2 is 2.15 bits per heavy atom. The van der Waals surface area contributed by atoms with E-state index in [0.717, 1.165) is 4.90 Å². The molecule has 6 nitrogen and oxygen atoms in total. The van der Waals surface area contributed by atoms with Crippen LogP contribution in [0.2, 0.25) is 0 Å². The number of hydrogen-bond donors (Lipinski definition) is 3. The molecule has 1 fully saturated rings. The first-order valence-corrected chi connectivity index (χ1v) is 7.41. The molecule has 1 saturated heterocycles. The Morgan fingerprint density at radius 1 is 1.45 bits per heavy atom. The number of thioether (sulfide) groups is 1. The number of aliphatic hydroxyl groups is 1. The number of hydroxylamine groups is 1. The van der Waals surface area contributed by atoms with Crippen LogP contribution in [0.1, 0.15) is 6.42 Å². The zero-order valence-electron chi connectivity index (χ0n) is 11.0. The van der Waals surface area contributed by atoms with Crippen molar-refractivity contribution in [2.75, 3.05) is 12.8 Å². The molecular formula is C13H16N2O4S. The number of amides is 2. The first-order chi connectivity index (χ1) is 9.61. The third-order valence-corrected chi connectivity index (χ3v) is 3.76. The van der Waals surface area contributed by atoms with Gasteiger partial charge < -0.3 is 15.3 Å². The van der Waals surface area contributed by atoms with E-state index < -0.39 is 23.8 Å². The molecule has 2 rings (SSSR count). The molecule has 3 N–H and O–H groups in total. The van der Waals surface area contributed by atoms with Crippen LogP contribution in [0.4, 0.5) is 0 Å². The van der Waals surface area contributed by atoms with E-state index in [2.05, 4.69) is 10.8 Å². The predicted octanol–water partition coefficient (Wildman–Crippen LogP) is 0.315. The smallest absolute Gasteiger partial charge is 0.267 e. The van der Waals surface area contributed by atoms with Gasteiger partial charge in [-0.15, -0.1) is 11.8 Å². The summed E-state index contributed by atoms with van der Waals surface area (Å²) in [6.07, 6.45) is 1.33. The van der Waals surface area contributed by atoms with Crippen molar-refractivity contribution in [1.82, 2.24) is 10.8 Å². The lowest BCUT2D eigenvalue weighted by Crippen LogP contribution is -2.52. The van der Waals surface area contributed by atoms with Gasteiger partial charge in [-0.3, -0.25) is 9.59 Å². The van der Waals surface area contributed by atoms with E-state index in [1.807, 2.05) is 18.4 Å². The van der Waals surface area contributed by atoms with E-state index in [-0.39, 0.29) is 0 Å². The summed E-state index contributed by atoms with van der Waals surface area (Å²) in [5.41, 5.74) is 2.20. The Bertz CT molecular complexity index is 492. The highest BCUT2D eigenvalue weighted by Gasteiger charge is 2.37. The number of benzene rings is 1. The van der Waals surface area contributed by atoms with E-state index in [0.29, 0.717) is 18.7 Å². The van der Waals surface area contributed by atoms with Crippen LogP contribution in [0.3, 0.4) is 0 Å². The van der Waals surface area contributed by atoms with Gasteiger partial charge >= 0.3 is 0 Å². The minimum absolute atomic E-state index is 0.353. The van der Waals surface area contributed by atoms with E-state index in [9.17, 15) is 14.7 Å². The van der Waals surface area contributed by atoms with Crippen LogP contribution >= 0.6 is 11.8 Å². The molecule has 1 aromatic carbocycles. The number of carbonyl (C=O) groups excluding carboxylic acids is 2. The van der Waals surface area contributed by atoms with Crippen molar-refractivity contribution >= 4 is 23.6 Å². The maximum Gasteiger partial charge on any atom is 0.267 e. The Hall–Kier alpha value is -1.73. The summed E-state index contributed by atoms with van der Waals surface area (Å²) in [5, 5.41) is 12.2. The van der Waals surface area contributed by atoms with Crippen LogP contribution in [0.15, 0.2) is 29.2 Å². The average molecular weight is 296 g/mol. The van der Waals surface area contributed by atoms with E-state index in [1.165, 1.54) is 0 Å². The van der Waals surface area contributed by atoms with Gasteiger partial charge in [-0.2, -0.15) is 5.48 Å². The lowest BCUT2D eigenvalue weighted by Gasteiger charge is -2.25. The summed E-state index contributed by atoms with van der Waals surface area (Å²) in [5.74, 6) is -1.80. The average Bonchev–Trinajstić information content (AvgIpc) is 2.45. The minimum Gasteiger partial charge on any atom is -0.392 e. The second kappa shape index (κ2) is 6.62. The van der Waals surface area contributed by atoms with Gasteiger partial charge in [0, 0.05) is 11.4 Å². The maximum atomic E-state index is 11.9. The number of piperidine rings is 1. The molecule has 20 heavy (non-hydrogen) atoms. The molecule has 0 bridgehead atoms. The third kappa shape index (κ3) is 3.43. The van der Waals surface area contributed by atoms with E-state index >= 15 is 0 Å². The second-order valence-corrected chi connectivity index (χ2v) is 5.25. The molecule has 108 valence electrons. The number of hydrogen-bond acceptors (Lipinski definition) is 5. The zero-order valence-corrected chi connectivity index (χ0v) is 11.8. The molecule has 1 aromatic rings. The molecule has 0 aromatic heterocycles. The molecule has 1 heterocycles. The monoisotopic (exact) mass is 296 g/mol. The largest absolute Gasteiger partial charge is 0.392 e. The van der Waals surface area contributed by atoms with Crippen LogP contribution in [0.25, 0.3) is 0 Å².